The van der Waals surface area contributed by atoms with Crippen LogP contribution in [-0.4, -0.2) is 21.8 Å². The molecule has 0 aliphatic carbocycles. The topological polar surface area (TPSA) is 70.5 Å². The molecular formula is C24H12Cl4N2O3S. The number of hydrogen-bond acceptors (Lipinski definition) is 5. The number of aliphatic hydroxyl groups is 1. The molecule has 0 spiro atoms. The number of nitrogens with zero attached hydrogens (tertiary/aromatic N) is 2. The van der Waals surface area contributed by atoms with Crippen molar-refractivity contribution in [2.24, 2.45) is 0 Å². The minimum Gasteiger partial charge on any atom is -0.507 e. The summed E-state index contributed by atoms with van der Waals surface area (Å²) >= 11 is 25.6. The number of thiazole rings is 1. The van der Waals surface area contributed by atoms with Gasteiger partial charge in [-0.25, -0.2) is 4.98 Å². The number of halogens is 4. The molecule has 0 radical (unpaired) electrons. The predicted molar refractivity (Wildman–Crippen MR) is 137 cm³/mol. The number of amides is 1. The Bertz CT molecular complexity index is 1510. The maximum atomic E-state index is 13.3. The molecule has 5 nitrogen and oxygen atoms in total. The molecule has 1 saturated heterocycles. The third-order valence-corrected chi connectivity index (χ3v) is 7.61. The lowest BCUT2D eigenvalue weighted by molar-refractivity contribution is -0.132. The van der Waals surface area contributed by atoms with Crippen LogP contribution in [0.25, 0.3) is 16.0 Å². The fourth-order valence-electron chi connectivity index (χ4n) is 3.78. The summed E-state index contributed by atoms with van der Waals surface area (Å²) < 4.78 is 0.745. The van der Waals surface area contributed by atoms with Crippen LogP contribution in [0.4, 0.5) is 5.13 Å². The van der Waals surface area contributed by atoms with E-state index in [2.05, 4.69) is 4.98 Å². The van der Waals surface area contributed by atoms with Gasteiger partial charge in [0.1, 0.15) is 5.76 Å². The fourth-order valence-corrected chi connectivity index (χ4v) is 5.48. The van der Waals surface area contributed by atoms with Crippen molar-refractivity contribution in [3.8, 4) is 0 Å². The molecule has 2 heterocycles. The lowest BCUT2D eigenvalue weighted by atomic mass is 9.95. The lowest BCUT2D eigenvalue weighted by Crippen LogP contribution is -2.29. The average molecular weight is 550 g/mol. The number of benzene rings is 3. The first-order chi connectivity index (χ1) is 16.2. The van der Waals surface area contributed by atoms with E-state index in [0.717, 1.165) is 4.70 Å². The summed E-state index contributed by atoms with van der Waals surface area (Å²) in [6.45, 7) is 0. The van der Waals surface area contributed by atoms with Gasteiger partial charge in [-0.05, 0) is 60.2 Å². The van der Waals surface area contributed by atoms with Gasteiger partial charge in [0.25, 0.3) is 5.78 Å². The van der Waals surface area contributed by atoms with Gasteiger partial charge in [0.15, 0.2) is 5.13 Å². The number of ketones is 1. The van der Waals surface area contributed by atoms with E-state index in [-0.39, 0.29) is 21.5 Å². The van der Waals surface area contributed by atoms with Crippen LogP contribution >= 0.6 is 57.7 Å². The maximum absolute atomic E-state index is 13.3. The van der Waals surface area contributed by atoms with Crippen LogP contribution in [0, 0.1) is 0 Å². The quantitative estimate of drug-likeness (QED) is 0.163. The first-order valence-electron chi connectivity index (χ1n) is 9.82. The van der Waals surface area contributed by atoms with Crippen LogP contribution in [0.2, 0.25) is 20.1 Å². The predicted octanol–water partition coefficient (Wildman–Crippen LogP) is 7.54. The molecule has 1 aliphatic rings. The third kappa shape index (κ3) is 3.96. The fraction of sp³-hybridized carbons (Fsp3) is 0.0417. The largest absolute Gasteiger partial charge is 0.507 e. The molecule has 1 aliphatic heterocycles. The van der Waals surface area contributed by atoms with Crippen molar-refractivity contribution in [1.29, 1.82) is 0 Å². The molecule has 5 rings (SSSR count). The molecule has 1 aromatic heterocycles. The Morgan fingerprint density at radius 1 is 0.882 bits per heavy atom. The highest BCUT2D eigenvalue weighted by molar-refractivity contribution is 7.22. The second kappa shape index (κ2) is 8.87. The standard InChI is InChI=1S/C24H12Cl4N2O3S/c25-13-4-1-11(2-5-13)21(31)19-20(12-3-7-15(27)16(28)9-12)30(23(33)22(19)32)24-29-17-8-6-14(26)10-18(17)34-24/h1-10,20,31H/b21-19+. The van der Waals surface area contributed by atoms with Crippen LogP contribution < -0.4 is 4.90 Å². The minimum atomic E-state index is -0.985. The van der Waals surface area contributed by atoms with Gasteiger partial charge in [-0.2, -0.15) is 0 Å². The number of rotatable bonds is 3. The zero-order chi connectivity index (χ0) is 24.1. The summed E-state index contributed by atoms with van der Waals surface area (Å²) in [5, 5.41) is 13.0. The Labute approximate surface area is 217 Å². The van der Waals surface area contributed by atoms with Crippen molar-refractivity contribution in [3.05, 3.63) is 97.5 Å². The van der Waals surface area contributed by atoms with Crippen molar-refractivity contribution in [2.75, 3.05) is 4.90 Å². The van der Waals surface area contributed by atoms with Gasteiger partial charge < -0.3 is 5.11 Å². The zero-order valence-corrected chi connectivity index (χ0v) is 20.8. The Kier molecular flexibility index (Phi) is 6.04. The summed E-state index contributed by atoms with van der Waals surface area (Å²) in [4.78, 5) is 32.3. The highest BCUT2D eigenvalue weighted by atomic mass is 35.5. The normalized spacial score (nSPS) is 17.6. The average Bonchev–Trinajstić information content (AvgIpc) is 3.33. The SMILES string of the molecule is O=C1C(=O)N(c2nc3ccc(Cl)cc3s2)C(c2ccc(Cl)c(Cl)c2)/C1=C(\O)c1ccc(Cl)cc1. The maximum Gasteiger partial charge on any atom is 0.301 e. The van der Waals surface area contributed by atoms with E-state index in [0.29, 0.717) is 31.7 Å². The molecule has 10 heteroatoms. The molecule has 4 aromatic rings. The second-order valence-electron chi connectivity index (χ2n) is 7.46. The summed E-state index contributed by atoms with van der Waals surface area (Å²) in [6, 6.07) is 15.2. The zero-order valence-electron chi connectivity index (χ0n) is 16.9. The van der Waals surface area contributed by atoms with Crippen LogP contribution in [0.3, 0.4) is 0 Å². The Hall–Kier alpha value is -2.61. The molecule has 3 aromatic carbocycles. The molecule has 0 saturated carbocycles. The molecule has 0 bridgehead atoms. The highest BCUT2D eigenvalue weighted by Crippen LogP contribution is 2.45. The third-order valence-electron chi connectivity index (χ3n) is 5.37. The molecule has 170 valence electrons. The van der Waals surface area contributed by atoms with Crippen LogP contribution in [0.1, 0.15) is 17.2 Å². The molecule has 1 atom stereocenters. The van der Waals surface area contributed by atoms with E-state index < -0.39 is 17.7 Å². The number of carbonyl (C=O) groups is 2. The van der Waals surface area contributed by atoms with Crippen molar-refractivity contribution in [3.63, 3.8) is 0 Å². The Balaban J connectivity index is 1.74. The number of fused-ring (bicyclic) bond motifs is 1. The molecule has 1 N–H and O–H groups in total. The van der Waals surface area contributed by atoms with E-state index in [1.165, 1.54) is 16.2 Å². The van der Waals surface area contributed by atoms with E-state index in [4.69, 9.17) is 46.4 Å². The van der Waals surface area contributed by atoms with Gasteiger partial charge >= 0.3 is 5.91 Å². The van der Waals surface area contributed by atoms with E-state index in [9.17, 15) is 14.7 Å². The monoisotopic (exact) mass is 548 g/mol. The van der Waals surface area contributed by atoms with Crippen molar-refractivity contribution < 1.29 is 14.7 Å². The van der Waals surface area contributed by atoms with Crippen LogP contribution in [0.15, 0.2) is 66.2 Å². The molecule has 1 fully saturated rings. The summed E-state index contributed by atoms with van der Waals surface area (Å²) in [7, 11) is 0. The number of hydrogen-bond donors (Lipinski definition) is 1. The minimum absolute atomic E-state index is 0.0944. The van der Waals surface area contributed by atoms with E-state index >= 15 is 0 Å². The number of aromatic nitrogens is 1. The molecule has 1 amide bonds. The molecule has 34 heavy (non-hydrogen) atoms. The van der Waals surface area contributed by atoms with Gasteiger partial charge in [-0.3, -0.25) is 14.5 Å². The van der Waals surface area contributed by atoms with Crippen molar-refractivity contribution in [1.82, 2.24) is 4.98 Å². The van der Waals surface area contributed by atoms with Gasteiger partial charge in [0, 0.05) is 15.6 Å². The van der Waals surface area contributed by atoms with Gasteiger partial charge in [0.2, 0.25) is 0 Å². The summed E-state index contributed by atoms with van der Waals surface area (Å²) in [5.41, 5.74) is 1.35. The van der Waals surface area contributed by atoms with Crippen LogP contribution in [0.5, 0.6) is 0 Å². The number of carbonyl (C=O) groups excluding carboxylic acids is 2. The Morgan fingerprint density at radius 3 is 2.29 bits per heavy atom. The van der Waals surface area contributed by atoms with E-state index in [1.807, 2.05) is 0 Å². The summed E-state index contributed by atoms with van der Waals surface area (Å²) in [6.07, 6.45) is 0. The first kappa shape index (κ1) is 23.1. The van der Waals surface area contributed by atoms with Crippen LogP contribution in [-0.2, 0) is 9.59 Å². The Morgan fingerprint density at radius 2 is 1.59 bits per heavy atom. The summed E-state index contributed by atoms with van der Waals surface area (Å²) in [5.74, 6) is -2.00. The van der Waals surface area contributed by atoms with Crippen molar-refractivity contribution in [2.45, 2.75) is 6.04 Å². The number of aliphatic hydroxyl groups excluding tert-OH is 1. The van der Waals surface area contributed by atoms with Gasteiger partial charge in [0.05, 0.1) is 31.9 Å². The molecule has 1 unspecified atom stereocenters. The van der Waals surface area contributed by atoms with Gasteiger partial charge in [-0.15, -0.1) is 0 Å². The number of anilines is 1. The second-order valence-corrected chi connectivity index (χ2v) is 10.2. The van der Waals surface area contributed by atoms with Gasteiger partial charge in [-0.1, -0.05) is 63.8 Å². The number of Topliss-reactive ketones (excluding diaryl/α,β-unsaturated/α-hetero) is 1. The highest BCUT2D eigenvalue weighted by Gasteiger charge is 2.48. The van der Waals surface area contributed by atoms with E-state index in [1.54, 1.807) is 60.7 Å². The van der Waals surface area contributed by atoms with Crippen molar-refractivity contribution >= 4 is 90.5 Å². The first-order valence-corrected chi connectivity index (χ1v) is 12.2. The lowest BCUT2D eigenvalue weighted by Gasteiger charge is -2.23. The molecular weight excluding hydrogens is 538 g/mol. The smallest absolute Gasteiger partial charge is 0.301 e.